The van der Waals surface area contributed by atoms with Crippen LogP contribution in [0.4, 0.5) is 5.69 Å². The van der Waals surface area contributed by atoms with Gasteiger partial charge in [-0.25, -0.2) is 9.69 Å². The summed E-state index contributed by atoms with van der Waals surface area (Å²) in [5.41, 5.74) is 7.08. The molecule has 2 aromatic rings. The summed E-state index contributed by atoms with van der Waals surface area (Å²) in [5, 5.41) is 20.3. The molecule has 0 bridgehead atoms. The van der Waals surface area contributed by atoms with Crippen LogP contribution in [0.3, 0.4) is 0 Å². The van der Waals surface area contributed by atoms with E-state index in [1.54, 1.807) is 4.90 Å². The van der Waals surface area contributed by atoms with E-state index < -0.39 is 17.9 Å². The van der Waals surface area contributed by atoms with Gasteiger partial charge in [-0.3, -0.25) is 15.0 Å². The van der Waals surface area contributed by atoms with E-state index in [4.69, 9.17) is 11.1 Å². The monoisotopic (exact) mass is 477 g/mol. The van der Waals surface area contributed by atoms with Crippen LogP contribution in [0.1, 0.15) is 47.5 Å². The summed E-state index contributed by atoms with van der Waals surface area (Å²) in [7, 11) is 0. The number of nitrogens with zero attached hydrogens (tertiary/aromatic N) is 2. The molecule has 184 valence electrons. The molecule has 2 aliphatic rings. The summed E-state index contributed by atoms with van der Waals surface area (Å²) in [6, 6.07) is 15.1. The number of guanidine groups is 1. The minimum Gasteiger partial charge on any atom is -0.478 e. The first-order valence-electron chi connectivity index (χ1n) is 11.9. The van der Waals surface area contributed by atoms with Gasteiger partial charge in [0.1, 0.15) is 0 Å². The quantitative estimate of drug-likeness (QED) is 0.294. The second-order valence-corrected chi connectivity index (χ2v) is 9.10. The maximum absolute atomic E-state index is 14.0. The highest BCUT2D eigenvalue weighted by molar-refractivity contribution is 6.17. The number of carbonyl (C=O) groups excluding carboxylic acids is 2. The van der Waals surface area contributed by atoms with Crippen LogP contribution in [0.15, 0.2) is 54.6 Å². The number of carboxylic acid groups (broad SMARTS) is 1. The molecule has 2 unspecified atom stereocenters. The van der Waals surface area contributed by atoms with Gasteiger partial charge < -0.3 is 21.1 Å². The molecule has 2 heterocycles. The molecule has 2 saturated heterocycles. The number of hydrogen-bond donors (Lipinski definition) is 4. The number of carbonyl (C=O) groups is 3. The minimum atomic E-state index is -1.07. The van der Waals surface area contributed by atoms with Crippen molar-refractivity contribution < 1.29 is 19.5 Å². The molecule has 2 aliphatic heterocycles. The van der Waals surface area contributed by atoms with E-state index in [0.29, 0.717) is 38.2 Å². The van der Waals surface area contributed by atoms with Gasteiger partial charge in [-0.2, -0.15) is 0 Å². The lowest BCUT2D eigenvalue weighted by atomic mass is 9.83. The average molecular weight is 478 g/mol. The third kappa shape index (κ3) is 5.35. The molecule has 0 saturated carbocycles. The van der Waals surface area contributed by atoms with E-state index in [1.807, 2.05) is 30.3 Å². The van der Waals surface area contributed by atoms with Crippen molar-refractivity contribution in [2.45, 2.75) is 37.6 Å². The molecule has 2 fully saturated rings. The van der Waals surface area contributed by atoms with Gasteiger partial charge in [-0.15, -0.1) is 0 Å². The van der Waals surface area contributed by atoms with Gasteiger partial charge >= 0.3 is 5.97 Å². The van der Waals surface area contributed by atoms with Gasteiger partial charge in [0.2, 0.25) is 5.91 Å². The topological polar surface area (TPSA) is 140 Å². The molecule has 2 amide bonds. The van der Waals surface area contributed by atoms with Crippen LogP contribution in [0, 0.1) is 11.3 Å². The number of nitrogens with one attached hydrogen (secondary N) is 2. The molecule has 0 aliphatic carbocycles. The van der Waals surface area contributed by atoms with Gasteiger partial charge in [0, 0.05) is 24.9 Å². The second-order valence-electron chi connectivity index (χ2n) is 9.10. The van der Waals surface area contributed by atoms with Crippen molar-refractivity contribution >= 4 is 29.4 Å². The van der Waals surface area contributed by atoms with Crippen LogP contribution in [0.2, 0.25) is 0 Å². The Balaban J connectivity index is 1.65. The number of benzene rings is 2. The molecule has 0 radical (unpaired) electrons. The van der Waals surface area contributed by atoms with E-state index in [-0.39, 0.29) is 29.3 Å². The summed E-state index contributed by atoms with van der Waals surface area (Å²) >= 11 is 0. The highest BCUT2D eigenvalue weighted by atomic mass is 16.4. The van der Waals surface area contributed by atoms with Crippen molar-refractivity contribution in [2.24, 2.45) is 11.7 Å². The van der Waals surface area contributed by atoms with E-state index >= 15 is 0 Å². The summed E-state index contributed by atoms with van der Waals surface area (Å²) in [4.78, 5) is 42.1. The Kier molecular flexibility index (Phi) is 7.45. The zero-order valence-corrected chi connectivity index (χ0v) is 19.5. The molecule has 35 heavy (non-hydrogen) atoms. The minimum absolute atomic E-state index is 0.0230. The fourth-order valence-electron chi connectivity index (χ4n) is 5.01. The number of rotatable bonds is 5. The lowest BCUT2D eigenvalue weighted by molar-refractivity contribution is -0.131. The van der Waals surface area contributed by atoms with E-state index in [2.05, 4.69) is 5.32 Å². The fourth-order valence-corrected chi connectivity index (χ4v) is 5.01. The van der Waals surface area contributed by atoms with Crippen molar-refractivity contribution in [3.63, 3.8) is 0 Å². The summed E-state index contributed by atoms with van der Waals surface area (Å²) in [6.45, 7) is 1.62. The Labute approximate surface area is 204 Å². The summed E-state index contributed by atoms with van der Waals surface area (Å²) < 4.78 is 0. The van der Waals surface area contributed by atoms with Crippen molar-refractivity contribution in [3.05, 3.63) is 65.7 Å². The van der Waals surface area contributed by atoms with Crippen LogP contribution in [-0.2, 0) is 9.59 Å². The first kappa shape index (κ1) is 24.4. The Morgan fingerprint density at radius 2 is 1.63 bits per heavy atom. The average Bonchev–Trinajstić information content (AvgIpc) is 2.89. The summed E-state index contributed by atoms with van der Waals surface area (Å²) in [6.07, 6.45) is 2.71. The lowest BCUT2D eigenvalue weighted by Crippen LogP contribution is -2.56. The van der Waals surface area contributed by atoms with E-state index in [0.717, 1.165) is 18.4 Å². The van der Waals surface area contributed by atoms with Crippen LogP contribution in [0.25, 0.3) is 0 Å². The van der Waals surface area contributed by atoms with Crippen molar-refractivity contribution in [1.29, 1.82) is 5.41 Å². The van der Waals surface area contributed by atoms with E-state index in [1.165, 1.54) is 29.2 Å². The number of amides is 2. The Morgan fingerprint density at radius 3 is 2.23 bits per heavy atom. The number of hydrogen-bond acceptors (Lipinski definition) is 5. The standard InChI is InChI=1S/C26H31N5O4/c27-26(28)30-15-12-18(13-16-30)23(32)31(20-10-8-19(9-11-20)25(34)35)24(33)22-21(7-4-14-29-22)17-5-2-1-3-6-17/h1-3,5-6,8-11,18,21-22,29H,4,7,12-16H2,(H3,27,28)(H,34,35). The molecule has 4 rings (SSSR count). The Hall–Kier alpha value is -3.72. The predicted molar refractivity (Wildman–Crippen MR) is 132 cm³/mol. The Bertz CT molecular complexity index is 1080. The molecular formula is C26H31N5O4. The van der Waals surface area contributed by atoms with E-state index in [9.17, 15) is 19.5 Å². The number of anilines is 1. The normalized spacial score (nSPS) is 20.7. The third-order valence-electron chi connectivity index (χ3n) is 6.95. The molecule has 2 aromatic carbocycles. The predicted octanol–water partition coefficient (Wildman–Crippen LogP) is 2.39. The van der Waals surface area contributed by atoms with Crippen LogP contribution < -0.4 is 16.0 Å². The zero-order valence-electron chi connectivity index (χ0n) is 19.5. The van der Waals surface area contributed by atoms with Gasteiger partial charge in [-0.05, 0) is 62.1 Å². The lowest BCUT2D eigenvalue weighted by Gasteiger charge is -2.37. The van der Waals surface area contributed by atoms with Crippen molar-refractivity contribution in [1.82, 2.24) is 10.2 Å². The maximum atomic E-state index is 14.0. The van der Waals surface area contributed by atoms with Crippen molar-refractivity contribution in [2.75, 3.05) is 24.5 Å². The highest BCUT2D eigenvalue weighted by Gasteiger charge is 2.40. The SMILES string of the molecule is N=C(N)N1CCC(C(=O)N(C(=O)C2NCCCC2c2ccccc2)c2ccc(C(=O)O)cc2)CC1. The van der Waals surface area contributed by atoms with Crippen LogP contribution in [-0.4, -0.2) is 59.4 Å². The molecule has 0 aromatic heterocycles. The zero-order chi connectivity index (χ0) is 24.9. The van der Waals surface area contributed by atoms with Gasteiger partial charge in [0.05, 0.1) is 17.3 Å². The highest BCUT2D eigenvalue weighted by Crippen LogP contribution is 2.32. The number of carboxylic acids is 1. The molecule has 2 atom stereocenters. The molecule has 9 nitrogen and oxygen atoms in total. The second kappa shape index (κ2) is 10.7. The number of aromatic carboxylic acids is 1. The third-order valence-corrected chi connectivity index (χ3v) is 6.95. The molecule has 5 N–H and O–H groups in total. The molecule has 9 heteroatoms. The molecule has 0 spiro atoms. The van der Waals surface area contributed by atoms with Crippen LogP contribution in [0.5, 0.6) is 0 Å². The first-order chi connectivity index (χ1) is 16.9. The number of piperidine rings is 2. The van der Waals surface area contributed by atoms with Gasteiger partial charge in [0.25, 0.3) is 5.91 Å². The first-order valence-corrected chi connectivity index (χ1v) is 11.9. The number of nitrogens with two attached hydrogens (primary N) is 1. The molecular weight excluding hydrogens is 446 g/mol. The number of likely N-dealkylation sites (tertiary alicyclic amines) is 1. The van der Waals surface area contributed by atoms with Gasteiger partial charge in [-0.1, -0.05) is 30.3 Å². The van der Waals surface area contributed by atoms with Crippen molar-refractivity contribution in [3.8, 4) is 0 Å². The summed E-state index contributed by atoms with van der Waals surface area (Å²) in [5.74, 6) is -2.21. The number of imide groups is 1. The maximum Gasteiger partial charge on any atom is 0.335 e. The Morgan fingerprint density at radius 1 is 0.971 bits per heavy atom. The largest absolute Gasteiger partial charge is 0.478 e. The van der Waals surface area contributed by atoms with Crippen LogP contribution >= 0.6 is 0 Å². The van der Waals surface area contributed by atoms with Gasteiger partial charge in [0.15, 0.2) is 5.96 Å². The smallest absolute Gasteiger partial charge is 0.335 e. The fraction of sp³-hybridized carbons (Fsp3) is 0.385.